The van der Waals surface area contributed by atoms with Crippen molar-refractivity contribution in [2.24, 2.45) is 0 Å². The van der Waals surface area contributed by atoms with Gasteiger partial charge in [0.25, 0.3) is 5.91 Å². The Morgan fingerprint density at radius 3 is 1.82 bits per heavy atom. The van der Waals surface area contributed by atoms with Crippen LogP contribution in [0.3, 0.4) is 0 Å². The lowest BCUT2D eigenvalue weighted by Gasteiger charge is -2.34. The molecule has 1 amide bonds. The Balaban J connectivity index is 1.54. The van der Waals surface area contributed by atoms with E-state index in [4.69, 9.17) is 4.74 Å². The second-order valence-corrected chi connectivity index (χ2v) is 10.3. The smallest absolute Gasteiger partial charge is 0.252 e. The number of sulfonamides is 1. The van der Waals surface area contributed by atoms with Crippen LogP contribution in [0.4, 0.5) is 0 Å². The molecular formula is C26H28N2O4S. The Bertz CT molecular complexity index is 1130. The minimum absolute atomic E-state index is 0.165. The average Bonchev–Trinajstić information content (AvgIpc) is 2.83. The molecule has 0 spiro atoms. The SMILES string of the molecule is C[C@H]1CN(S(=O)(=O)c2ccc(C(=O)NC(c3ccccc3)c3ccccc3)cc2)C[C@H](C)O1. The quantitative estimate of drug-likeness (QED) is 0.598. The summed E-state index contributed by atoms with van der Waals surface area (Å²) in [5.74, 6) is -0.273. The normalized spacial score (nSPS) is 19.4. The molecule has 4 rings (SSSR count). The molecule has 33 heavy (non-hydrogen) atoms. The third-order valence-electron chi connectivity index (χ3n) is 5.68. The van der Waals surface area contributed by atoms with Gasteiger partial charge in [-0.1, -0.05) is 60.7 Å². The zero-order chi connectivity index (χ0) is 23.4. The molecule has 0 aliphatic carbocycles. The van der Waals surface area contributed by atoms with E-state index >= 15 is 0 Å². The number of nitrogens with zero attached hydrogens (tertiary/aromatic N) is 1. The lowest BCUT2D eigenvalue weighted by molar-refractivity contribution is -0.0440. The Hall–Kier alpha value is -3.00. The predicted octanol–water partition coefficient (Wildman–Crippen LogP) is 4.00. The maximum Gasteiger partial charge on any atom is 0.252 e. The van der Waals surface area contributed by atoms with Crippen molar-refractivity contribution in [2.45, 2.75) is 37.0 Å². The summed E-state index contributed by atoms with van der Waals surface area (Å²) in [6.45, 7) is 4.35. The summed E-state index contributed by atoms with van der Waals surface area (Å²) >= 11 is 0. The number of rotatable bonds is 6. The monoisotopic (exact) mass is 464 g/mol. The molecule has 0 unspecified atom stereocenters. The molecule has 3 aromatic rings. The molecule has 0 bridgehead atoms. The fraction of sp³-hybridized carbons (Fsp3) is 0.269. The van der Waals surface area contributed by atoms with Crippen molar-refractivity contribution in [3.63, 3.8) is 0 Å². The summed E-state index contributed by atoms with van der Waals surface area (Å²) < 4.78 is 33.2. The molecule has 172 valence electrons. The van der Waals surface area contributed by atoms with E-state index in [1.165, 1.54) is 16.4 Å². The van der Waals surface area contributed by atoms with Crippen LogP contribution in [0.2, 0.25) is 0 Å². The highest BCUT2D eigenvalue weighted by molar-refractivity contribution is 7.89. The van der Waals surface area contributed by atoms with Gasteiger partial charge in [0.05, 0.1) is 23.1 Å². The lowest BCUT2D eigenvalue weighted by Crippen LogP contribution is -2.48. The van der Waals surface area contributed by atoms with Gasteiger partial charge in [-0.15, -0.1) is 0 Å². The second kappa shape index (κ2) is 9.87. The summed E-state index contributed by atoms with van der Waals surface area (Å²) in [5, 5.41) is 3.08. The van der Waals surface area contributed by atoms with Crippen molar-refractivity contribution in [3.05, 3.63) is 102 Å². The molecule has 1 heterocycles. The van der Waals surface area contributed by atoms with Gasteiger partial charge in [-0.25, -0.2) is 8.42 Å². The van der Waals surface area contributed by atoms with Gasteiger partial charge in [0.1, 0.15) is 0 Å². The number of ether oxygens (including phenoxy) is 1. The summed E-state index contributed by atoms with van der Waals surface area (Å²) in [4.78, 5) is 13.2. The summed E-state index contributed by atoms with van der Waals surface area (Å²) in [6.07, 6.45) is -0.331. The van der Waals surface area contributed by atoms with Gasteiger partial charge >= 0.3 is 0 Å². The molecule has 0 aromatic heterocycles. The molecule has 0 saturated carbocycles. The average molecular weight is 465 g/mol. The van der Waals surface area contributed by atoms with Crippen molar-refractivity contribution in [3.8, 4) is 0 Å². The number of hydrogen-bond acceptors (Lipinski definition) is 4. The Kier molecular flexibility index (Phi) is 6.93. The molecule has 1 N–H and O–H groups in total. The molecule has 0 radical (unpaired) electrons. The van der Waals surface area contributed by atoms with Crippen LogP contribution in [0.1, 0.15) is 41.4 Å². The van der Waals surface area contributed by atoms with E-state index in [2.05, 4.69) is 5.32 Å². The predicted molar refractivity (Wildman–Crippen MR) is 127 cm³/mol. The van der Waals surface area contributed by atoms with Crippen LogP contribution >= 0.6 is 0 Å². The first-order valence-electron chi connectivity index (χ1n) is 11.0. The second-order valence-electron chi connectivity index (χ2n) is 8.33. The molecule has 7 heteroatoms. The van der Waals surface area contributed by atoms with Crippen LogP contribution in [0, 0.1) is 0 Å². The van der Waals surface area contributed by atoms with E-state index in [9.17, 15) is 13.2 Å². The van der Waals surface area contributed by atoms with Crippen molar-refractivity contribution < 1.29 is 17.9 Å². The zero-order valence-corrected chi connectivity index (χ0v) is 19.5. The number of carbonyl (C=O) groups is 1. The molecule has 2 atom stereocenters. The van der Waals surface area contributed by atoms with Crippen LogP contribution in [0.15, 0.2) is 89.8 Å². The van der Waals surface area contributed by atoms with Gasteiger partial charge in [0, 0.05) is 18.7 Å². The van der Waals surface area contributed by atoms with Crippen molar-refractivity contribution >= 4 is 15.9 Å². The van der Waals surface area contributed by atoms with Gasteiger partial charge < -0.3 is 10.1 Å². The van der Waals surface area contributed by atoms with E-state index in [0.29, 0.717) is 18.7 Å². The van der Waals surface area contributed by atoms with Crippen molar-refractivity contribution in [2.75, 3.05) is 13.1 Å². The van der Waals surface area contributed by atoms with Gasteiger partial charge in [-0.2, -0.15) is 4.31 Å². The summed E-state index contributed by atoms with van der Waals surface area (Å²) in [7, 11) is -3.66. The van der Waals surface area contributed by atoms with Gasteiger partial charge in [0.15, 0.2) is 0 Å². The van der Waals surface area contributed by atoms with E-state index < -0.39 is 10.0 Å². The number of carbonyl (C=O) groups excluding carboxylic acids is 1. The van der Waals surface area contributed by atoms with Crippen LogP contribution < -0.4 is 5.32 Å². The van der Waals surface area contributed by atoms with E-state index in [1.807, 2.05) is 74.5 Å². The molecule has 1 aliphatic rings. The molecule has 1 saturated heterocycles. The third-order valence-corrected chi connectivity index (χ3v) is 7.53. The van der Waals surface area contributed by atoms with Crippen molar-refractivity contribution in [1.29, 1.82) is 0 Å². The first-order valence-corrected chi connectivity index (χ1v) is 12.4. The largest absolute Gasteiger partial charge is 0.373 e. The number of hydrogen-bond donors (Lipinski definition) is 1. The number of amides is 1. The maximum absolute atomic E-state index is 13.1. The van der Waals surface area contributed by atoms with Crippen molar-refractivity contribution in [1.82, 2.24) is 9.62 Å². The topological polar surface area (TPSA) is 75.7 Å². The van der Waals surface area contributed by atoms with Crippen LogP contribution in [0.25, 0.3) is 0 Å². The molecule has 1 fully saturated rings. The molecule has 3 aromatic carbocycles. The highest BCUT2D eigenvalue weighted by atomic mass is 32.2. The zero-order valence-electron chi connectivity index (χ0n) is 18.7. The minimum Gasteiger partial charge on any atom is -0.373 e. The third kappa shape index (κ3) is 5.33. The maximum atomic E-state index is 13.1. The van der Waals surface area contributed by atoms with E-state index in [0.717, 1.165) is 11.1 Å². The Labute approximate surface area is 195 Å². The fourth-order valence-corrected chi connectivity index (χ4v) is 5.71. The highest BCUT2D eigenvalue weighted by Gasteiger charge is 2.32. The first-order chi connectivity index (χ1) is 15.8. The highest BCUT2D eigenvalue weighted by Crippen LogP contribution is 2.24. The van der Waals surface area contributed by atoms with Gasteiger partial charge in [-0.05, 0) is 49.2 Å². The van der Waals surface area contributed by atoms with E-state index in [-0.39, 0.29) is 29.1 Å². The number of benzene rings is 3. The number of morpholine rings is 1. The fourth-order valence-electron chi connectivity index (χ4n) is 4.12. The Morgan fingerprint density at radius 1 is 0.848 bits per heavy atom. The standard InChI is InChI=1S/C26H28N2O4S/c1-19-17-28(18-20(2)32-19)33(30,31)24-15-13-23(14-16-24)26(29)27-25(21-9-5-3-6-10-21)22-11-7-4-8-12-22/h3-16,19-20,25H,17-18H2,1-2H3,(H,27,29)/t19-,20-/m0/s1. The van der Waals surface area contributed by atoms with E-state index in [1.54, 1.807) is 12.1 Å². The molecule has 1 aliphatic heterocycles. The summed E-state index contributed by atoms with van der Waals surface area (Å²) in [6, 6.07) is 25.3. The Morgan fingerprint density at radius 2 is 1.33 bits per heavy atom. The molecule has 6 nitrogen and oxygen atoms in total. The number of nitrogens with one attached hydrogen (secondary N) is 1. The van der Waals surface area contributed by atoms with Crippen LogP contribution in [0.5, 0.6) is 0 Å². The van der Waals surface area contributed by atoms with Crippen LogP contribution in [-0.4, -0.2) is 43.9 Å². The first kappa shape index (κ1) is 23.2. The summed E-state index contributed by atoms with van der Waals surface area (Å²) in [5.41, 5.74) is 2.33. The lowest BCUT2D eigenvalue weighted by atomic mass is 9.98. The minimum atomic E-state index is -3.66. The van der Waals surface area contributed by atoms with Crippen LogP contribution in [-0.2, 0) is 14.8 Å². The van der Waals surface area contributed by atoms with Gasteiger partial charge in [0.2, 0.25) is 10.0 Å². The van der Waals surface area contributed by atoms with Gasteiger partial charge in [-0.3, -0.25) is 4.79 Å². The molecular weight excluding hydrogens is 436 g/mol.